The number of carbonyl (C=O) groups excluding carboxylic acids is 1. The summed E-state index contributed by atoms with van der Waals surface area (Å²) in [5.74, 6) is 0.314. The van der Waals surface area contributed by atoms with Gasteiger partial charge in [0.2, 0.25) is 0 Å². The Morgan fingerprint density at radius 3 is 2.88 bits per heavy atom. The Kier molecular flexibility index (Phi) is 5.25. The van der Waals surface area contributed by atoms with Crippen LogP contribution in [0.1, 0.15) is 18.5 Å². The Morgan fingerprint density at radius 1 is 1.28 bits per heavy atom. The molecule has 3 rings (SSSR count). The van der Waals surface area contributed by atoms with Crippen LogP contribution >= 0.6 is 11.6 Å². The average molecular weight is 358 g/mol. The van der Waals surface area contributed by atoms with E-state index in [1.807, 2.05) is 31.2 Å². The lowest BCUT2D eigenvalue weighted by Crippen LogP contribution is -2.31. The summed E-state index contributed by atoms with van der Waals surface area (Å²) in [6, 6.07) is 14.3. The van der Waals surface area contributed by atoms with Crippen LogP contribution in [0.15, 0.2) is 54.9 Å². The summed E-state index contributed by atoms with van der Waals surface area (Å²) in [4.78, 5) is 12.1. The van der Waals surface area contributed by atoms with Crippen molar-refractivity contribution in [2.75, 3.05) is 6.61 Å². The molecule has 0 aliphatic carbocycles. The number of hydrogen-bond acceptors (Lipinski definition) is 5. The van der Waals surface area contributed by atoms with E-state index in [1.54, 1.807) is 24.3 Å². The van der Waals surface area contributed by atoms with Gasteiger partial charge in [-0.25, -0.2) is 4.68 Å². The van der Waals surface area contributed by atoms with E-state index < -0.39 is 0 Å². The first-order chi connectivity index (χ1) is 12.1. The van der Waals surface area contributed by atoms with Crippen molar-refractivity contribution in [2.45, 2.75) is 13.0 Å². The zero-order chi connectivity index (χ0) is 17.6. The molecule has 1 heterocycles. The van der Waals surface area contributed by atoms with Gasteiger partial charge in [0.25, 0.3) is 5.91 Å². The number of nitrogens with one attached hydrogen (secondary N) is 1. The number of nitrogens with zero attached hydrogens (tertiary/aromatic N) is 4. The molecule has 0 aliphatic rings. The standard InChI is InChI=1S/C17H16ClN5O2/c1-12(15-7-2-3-8-16(15)18)20-17(24)10-25-14-6-4-5-13(9-14)23-11-19-21-22-23/h2-9,11-12H,10H2,1H3,(H,20,24)/t12-/m0/s1. The molecule has 1 aromatic heterocycles. The fourth-order valence-electron chi connectivity index (χ4n) is 2.33. The molecule has 0 unspecified atom stereocenters. The molecule has 128 valence electrons. The fourth-order valence-corrected chi connectivity index (χ4v) is 2.63. The van der Waals surface area contributed by atoms with Gasteiger partial charge in [0, 0.05) is 11.1 Å². The molecule has 3 aromatic rings. The van der Waals surface area contributed by atoms with Gasteiger partial charge in [0.15, 0.2) is 6.61 Å². The second-order valence-electron chi connectivity index (χ2n) is 5.35. The topological polar surface area (TPSA) is 81.9 Å². The maximum atomic E-state index is 12.1. The maximum Gasteiger partial charge on any atom is 0.258 e. The summed E-state index contributed by atoms with van der Waals surface area (Å²) < 4.78 is 7.05. The predicted octanol–water partition coefficient (Wildman–Crippen LogP) is 2.57. The summed E-state index contributed by atoms with van der Waals surface area (Å²) in [6.07, 6.45) is 1.48. The third-order valence-electron chi connectivity index (χ3n) is 3.55. The predicted molar refractivity (Wildman–Crippen MR) is 92.7 cm³/mol. The Labute approximate surface area is 149 Å². The third kappa shape index (κ3) is 4.33. The number of rotatable bonds is 6. The van der Waals surface area contributed by atoms with Crippen molar-refractivity contribution in [1.82, 2.24) is 25.5 Å². The quantitative estimate of drug-likeness (QED) is 0.733. The zero-order valence-electron chi connectivity index (χ0n) is 13.5. The first-order valence-corrected chi connectivity index (χ1v) is 8.01. The molecule has 1 atom stereocenters. The van der Waals surface area contributed by atoms with Gasteiger partial charge >= 0.3 is 0 Å². The minimum Gasteiger partial charge on any atom is -0.484 e. The van der Waals surface area contributed by atoms with E-state index in [-0.39, 0.29) is 18.6 Å². The Bertz CT molecular complexity index is 854. The van der Waals surface area contributed by atoms with Gasteiger partial charge in [-0.2, -0.15) is 0 Å². The molecule has 0 radical (unpaired) electrons. The van der Waals surface area contributed by atoms with Gasteiger partial charge in [-0.1, -0.05) is 35.9 Å². The number of hydrogen-bond donors (Lipinski definition) is 1. The molecule has 0 aliphatic heterocycles. The molecular weight excluding hydrogens is 342 g/mol. The van der Waals surface area contributed by atoms with Crippen molar-refractivity contribution in [3.8, 4) is 11.4 Å². The van der Waals surface area contributed by atoms with Gasteiger partial charge in [0.1, 0.15) is 12.1 Å². The highest BCUT2D eigenvalue weighted by molar-refractivity contribution is 6.31. The number of halogens is 1. The van der Waals surface area contributed by atoms with Crippen LogP contribution in [-0.4, -0.2) is 32.7 Å². The van der Waals surface area contributed by atoms with Crippen LogP contribution in [0.3, 0.4) is 0 Å². The number of ether oxygens (including phenoxy) is 1. The SMILES string of the molecule is C[C@H](NC(=O)COc1cccc(-n2cnnn2)c1)c1ccccc1Cl. The molecule has 0 saturated carbocycles. The average Bonchev–Trinajstić information content (AvgIpc) is 3.15. The molecule has 7 nitrogen and oxygen atoms in total. The Balaban J connectivity index is 1.58. The van der Waals surface area contributed by atoms with E-state index in [0.717, 1.165) is 11.3 Å². The fraction of sp³-hybridized carbons (Fsp3) is 0.176. The molecule has 1 N–H and O–H groups in total. The van der Waals surface area contributed by atoms with Crippen LogP contribution in [0.25, 0.3) is 5.69 Å². The lowest BCUT2D eigenvalue weighted by atomic mass is 10.1. The first kappa shape index (κ1) is 16.9. The van der Waals surface area contributed by atoms with Gasteiger partial charge in [-0.15, -0.1) is 5.10 Å². The highest BCUT2D eigenvalue weighted by Gasteiger charge is 2.12. The van der Waals surface area contributed by atoms with Crippen LogP contribution < -0.4 is 10.1 Å². The lowest BCUT2D eigenvalue weighted by molar-refractivity contribution is -0.123. The number of tetrazole rings is 1. The number of amides is 1. The van der Waals surface area contributed by atoms with E-state index in [9.17, 15) is 4.79 Å². The van der Waals surface area contributed by atoms with Crippen molar-refractivity contribution < 1.29 is 9.53 Å². The number of aromatic nitrogens is 4. The molecule has 0 spiro atoms. The molecule has 8 heteroatoms. The normalized spacial score (nSPS) is 11.8. The summed E-state index contributed by atoms with van der Waals surface area (Å²) in [5, 5.41) is 14.5. The van der Waals surface area contributed by atoms with Crippen LogP contribution in [0, 0.1) is 0 Å². The molecule has 0 saturated heterocycles. The lowest BCUT2D eigenvalue weighted by Gasteiger charge is -2.16. The second-order valence-corrected chi connectivity index (χ2v) is 5.76. The molecule has 0 bridgehead atoms. The van der Waals surface area contributed by atoms with Crippen molar-refractivity contribution in [3.63, 3.8) is 0 Å². The number of benzene rings is 2. The van der Waals surface area contributed by atoms with Crippen molar-refractivity contribution in [2.24, 2.45) is 0 Å². The van der Waals surface area contributed by atoms with Gasteiger partial charge in [-0.05, 0) is 41.1 Å². The third-order valence-corrected chi connectivity index (χ3v) is 3.89. The Morgan fingerprint density at radius 2 is 2.12 bits per heavy atom. The molecule has 25 heavy (non-hydrogen) atoms. The first-order valence-electron chi connectivity index (χ1n) is 7.63. The zero-order valence-corrected chi connectivity index (χ0v) is 14.2. The van der Waals surface area contributed by atoms with Crippen molar-refractivity contribution in [1.29, 1.82) is 0 Å². The maximum absolute atomic E-state index is 12.1. The van der Waals surface area contributed by atoms with Crippen LogP contribution in [0.5, 0.6) is 5.75 Å². The number of carbonyl (C=O) groups is 1. The molecule has 2 aromatic carbocycles. The van der Waals surface area contributed by atoms with E-state index in [0.29, 0.717) is 10.8 Å². The monoisotopic (exact) mass is 357 g/mol. The van der Waals surface area contributed by atoms with Crippen molar-refractivity contribution >= 4 is 17.5 Å². The van der Waals surface area contributed by atoms with E-state index in [1.165, 1.54) is 11.0 Å². The van der Waals surface area contributed by atoms with Crippen LogP contribution in [0.4, 0.5) is 0 Å². The van der Waals surface area contributed by atoms with Crippen molar-refractivity contribution in [3.05, 3.63) is 65.4 Å². The minimum atomic E-state index is -0.236. The molecular formula is C17H16ClN5O2. The van der Waals surface area contributed by atoms with E-state index in [4.69, 9.17) is 16.3 Å². The van der Waals surface area contributed by atoms with Crippen LogP contribution in [-0.2, 0) is 4.79 Å². The van der Waals surface area contributed by atoms with Crippen LogP contribution in [0.2, 0.25) is 5.02 Å². The van der Waals surface area contributed by atoms with Gasteiger partial charge in [0.05, 0.1) is 11.7 Å². The second kappa shape index (κ2) is 7.76. The summed E-state index contributed by atoms with van der Waals surface area (Å²) in [7, 11) is 0. The summed E-state index contributed by atoms with van der Waals surface area (Å²) in [5.41, 5.74) is 1.60. The molecule has 0 fully saturated rings. The summed E-state index contributed by atoms with van der Waals surface area (Å²) in [6.45, 7) is 1.77. The summed E-state index contributed by atoms with van der Waals surface area (Å²) >= 11 is 6.14. The van der Waals surface area contributed by atoms with E-state index in [2.05, 4.69) is 20.8 Å². The minimum absolute atomic E-state index is 0.103. The van der Waals surface area contributed by atoms with Gasteiger partial charge < -0.3 is 10.1 Å². The van der Waals surface area contributed by atoms with E-state index >= 15 is 0 Å². The Hall–Kier alpha value is -2.93. The van der Waals surface area contributed by atoms with Gasteiger partial charge in [-0.3, -0.25) is 4.79 Å². The largest absolute Gasteiger partial charge is 0.484 e. The highest BCUT2D eigenvalue weighted by Crippen LogP contribution is 2.22. The smallest absolute Gasteiger partial charge is 0.258 e. The highest BCUT2D eigenvalue weighted by atomic mass is 35.5. The molecule has 1 amide bonds.